The number of benzene rings is 3. The van der Waals surface area contributed by atoms with Crippen molar-refractivity contribution in [1.82, 2.24) is 14.0 Å². The molecule has 0 spiro atoms. The van der Waals surface area contributed by atoms with Crippen LogP contribution in [0, 0.1) is 7.14 Å². The van der Waals surface area contributed by atoms with Gasteiger partial charge in [-0.25, -0.2) is 4.98 Å². The average molecular weight is 535 g/mol. The van der Waals surface area contributed by atoms with Crippen LogP contribution in [0.5, 0.6) is 0 Å². The first-order valence-electron chi connectivity index (χ1n) is 7.55. The number of nitrogens with zero attached hydrogens (tertiary/aromatic N) is 3. The van der Waals surface area contributed by atoms with E-state index in [1.807, 2.05) is 6.07 Å². The lowest BCUT2D eigenvalue weighted by Crippen LogP contribution is -1.94. The molecule has 5 aromatic rings. The van der Waals surface area contributed by atoms with Gasteiger partial charge in [0, 0.05) is 12.8 Å². The average Bonchev–Trinajstić information content (AvgIpc) is 3.09. The van der Waals surface area contributed by atoms with Crippen LogP contribution in [0.3, 0.4) is 0 Å². The fraction of sp³-hybridized carbons (Fsp3) is 0. The molecule has 0 saturated heterocycles. The highest BCUT2D eigenvalue weighted by Crippen LogP contribution is 2.30. The second-order valence-electron chi connectivity index (χ2n) is 5.68. The van der Waals surface area contributed by atoms with Gasteiger partial charge in [0.2, 0.25) is 5.78 Å². The molecule has 0 bridgehead atoms. The lowest BCUT2D eigenvalue weighted by atomic mass is 10.2. The molecular formula is C19H11I2N3. The van der Waals surface area contributed by atoms with Gasteiger partial charge < -0.3 is 0 Å². The summed E-state index contributed by atoms with van der Waals surface area (Å²) in [5.74, 6) is 0.954. The molecule has 0 radical (unpaired) electrons. The maximum absolute atomic E-state index is 4.92. The van der Waals surface area contributed by atoms with Crippen molar-refractivity contribution in [2.75, 3.05) is 0 Å². The minimum Gasteiger partial charge on any atom is -0.278 e. The lowest BCUT2D eigenvalue weighted by Gasteiger charge is -2.04. The molecule has 2 heterocycles. The molecule has 24 heavy (non-hydrogen) atoms. The third kappa shape index (κ3) is 2.10. The number of imidazole rings is 2. The van der Waals surface area contributed by atoms with Gasteiger partial charge in [0.25, 0.3) is 0 Å². The Labute approximate surface area is 165 Å². The first-order chi connectivity index (χ1) is 11.7. The summed E-state index contributed by atoms with van der Waals surface area (Å²) >= 11 is 4.73. The molecule has 0 aliphatic heterocycles. The van der Waals surface area contributed by atoms with Crippen molar-refractivity contribution in [3.63, 3.8) is 0 Å². The molecule has 0 amide bonds. The van der Waals surface area contributed by atoms with Crippen molar-refractivity contribution in [2.24, 2.45) is 0 Å². The van der Waals surface area contributed by atoms with Crippen LogP contribution in [-0.4, -0.2) is 14.0 Å². The fourth-order valence-corrected chi connectivity index (χ4v) is 4.18. The Morgan fingerprint density at radius 1 is 0.708 bits per heavy atom. The van der Waals surface area contributed by atoms with E-state index in [9.17, 15) is 0 Å². The van der Waals surface area contributed by atoms with Crippen LogP contribution in [0.15, 0.2) is 66.7 Å². The summed E-state index contributed by atoms with van der Waals surface area (Å²) in [6.45, 7) is 0. The highest BCUT2D eigenvalue weighted by Gasteiger charge is 2.17. The predicted octanol–water partition coefficient (Wildman–Crippen LogP) is 5.64. The molecule has 116 valence electrons. The van der Waals surface area contributed by atoms with Gasteiger partial charge >= 0.3 is 0 Å². The zero-order chi connectivity index (χ0) is 16.3. The van der Waals surface area contributed by atoms with Crippen molar-refractivity contribution in [3.05, 3.63) is 73.9 Å². The molecule has 3 nitrogen and oxygen atoms in total. The van der Waals surface area contributed by atoms with Gasteiger partial charge in [-0.2, -0.15) is 0 Å². The minimum absolute atomic E-state index is 0.954. The zero-order valence-electron chi connectivity index (χ0n) is 12.4. The Morgan fingerprint density at radius 3 is 2.21 bits per heavy atom. The molecule has 3 aromatic carbocycles. The van der Waals surface area contributed by atoms with Gasteiger partial charge in [0.05, 0.1) is 22.1 Å². The van der Waals surface area contributed by atoms with Crippen LogP contribution in [-0.2, 0) is 0 Å². The number of hydrogen-bond acceptors (Lipinski definition) is 1. The van der Waals surface area contributed by atoms with Crippen molar-refractivity contribution >= 4 is 73.0 Å². The topological polar surface area (TPSA) is 22.2 Å². The van der Waals surface area contributed by atoms with Gasteiger partial charge in [-0.1, -0.05) is 18.2 Å². The summed E-state index contributed by atoms with van der Waals surface area (Å²) < 4.78 is 6.94. The minimum atomic E-state index is 0.954. The van der Waals surface area contributed by atoms with E-state index < -0.39 is 0 Å². The highest BCUT2D eigenvalue weighted by atomic mass is 127. The first kappa shape index (κ1) is 14.7. The quantitative estimate of drug-likeness (QED) is 0.255. The van der Waals surface area contributed by atoms with E-state index in [0.29, 0.717) is 0 Å². The van der Waals surface area contributed by atoms with E-state index in [4.69, 9.17) is 4.98 Å². The zero-order valence-corrected chi connectivity index (χ0v) is 16.8. The van der Waals surface area contributed by atoms with Crippen LogP contribution in [0.1, 0.15) is 0 Å². The molecule has 0 aliphatic rings. The van der Waals surface area contributed by atoms with Gasteiger partial charge in [-0.15, -0.1) is 0 Å². The van der Waals surface area contributed by atoms with E-state index in [1.165, 1.54) is 18.2 Å². The molecule has 0 unspecified atom stereocenters. The lowest BCUT2D eigenvalue weighted by molar-refractivity contribution is 1.11. The largest absolute Gasteiger partial charge is 0.278 e. The Balaban J connectivity index is 2.05. The first-order valence-corrected chi connectivity index (χ1v) is 9.71. The number of para-hydroxylation sites is 1. The molecule has 0 saturated carbocycles. The van der Waals surface area contributed by atoms with E-state index in [2.05, 4.69) is 115 Å². The van der Waals surface area contributed by atoms with Crippen LogP contribution >= 0.6 is 45.2 Å². The third-order valence-corrected chi connectivity index (χ3v) is 5.57. The normalized spacial score (nSPS) is 11.8. The van der Waals surface area contributed by atoms with Gasteiger partial charge in [0.15, 0.2) is 0 Å². The summed E-state index contributed by atoms with van der Waals surface area (Å²) in [6, 6.07) is 23.4. The second-order valence-corrected chi connectivity index (χ2v) is 8.18. The van der Waals surface area contributed by atoms with E-state index in [0.717, 1.165) is 22.5 Å². The van der Waals surface area contributed by atoms with Crippen molar-refractivity contribution in [2.45, 2.75) is 0 Å². The Bertz CT molecular complexity index is 1220. The monoisotopic (exact) mass is 535 g/mol. The number of hydrogen-bond donors (Lipinski definition) is 0. The summed E-state index contributed by atoms with van der Waals surface area (Å²) in [7, 11) is 0. The van der Waals surface area contributed by atoms with Crippen LogP contribution in [0.25, 0.3) is 33.5 Å². The second kappa shape index (κ2) is 5.45. The van der Waals surface area contributed by atoms with Gasteiger partial charge in [-0.3, -0.25) is 8.97 Å². The molecule has 0 N–H and O–H groups in total. The smallest absolute Gasteiger partial charge is 0.220 e. The molecule has 5 rings (SSSR count). The Hall–Kier alpha value is -1.61. The number of aromatic nitrogens is 3. The predicted molar refractivity (Wildman–Crippen MR) is 115 cm³/mol. The third-order valence-electron chi connectivity index (χ3n) is 4.23. The molecule has 0 fully saturated rings. The molecule has 2 aromatic heterocycles. The van der Waals surface area contributed by atoms with Crippen molar-refractivity contribution in [3.8, 4) is 5.69 Å². The fourth-order valence-electron chi connectivity index (χ4n) is 3.23. The maximum atomic E-state index is 4.92. The summed E-state index contributed by atoms with van der Waals surface area (Å²) in [4.78, 5) is 4.92. The van der Waals surface area contributed by atoms with Crippen molar-refractivity contribution < 1.29 is 0 Å². The molecular weight excluding hydrogens is 524 g/mol. The highest BCUT2D eigenvalue weighted by molar-refractivity contribution is 14.1. The van der Waals surface area contributed by atoms with Crippen molar-refractivity contribution in [1.29, 1.82) is 0 Å². The summed E-state index contributed by atoms with van der Waals surface area (Å²) in [5, 5.41) is 0. The van der Waals surface area contributed by atoms with Crippen LogP contribution < -0.4 is 0 Å². The molecule has 0 atom stereocenters. The van der Waals surface area contributed by atoms with Gasteiger partial charge in [0.1, 0.15) is 0 Å². The van der Waals surface area contributed by atoms with E-state index in [1.54, 1.807) is 0 Å². The number of halogens is 2. The maximum Gasteiger partial charge on any atom is 0.220 e. The van der Waals surface area contributed by atoms with E-state index >= 15 is 0 Å². The summed E-state index contributed by atoms with van der Waals surface area (Å²) in [5.41, 5.74) is 5.66. The Morgan fingerprint density at radius 2 is 1.42 bits per heavy atom. The number of rotatable bonds is 1. The molecule has 0 aliphatic carbocycles. The van der Waals surface area contributed by atoms with Gasteiger partial charge in [-0.05, 0) is 93.7 Å². The van der Waals surface area contributed by atoms with Crippen LogP contribution in [0.4, 0.5) is 0 Å². The number of fused-ring (bicyclic) bond motifs is 5. The molecule has 5 heteroatoms. The standard InChI is InChI=1S/C19H11I2N3/c20-12-6-8-15-17(10-12)24-18-11-13(21)7-9-16(18)23(19(24)22-15)14-4-2-1-3-5-14/h1-11H. The van der Waals surface area contributed by atoms with Crippen LogP contribution in [0.2, 0.25) is 0 Å². The van der Waals surface area contributed by atoms with E-state index in [-0.39, 0.29) is 0 Å². The SMILES string of the molecule is Ic1ccc2nc3n(-c4ccccc4)c4ccc(I)cc4n3c2c1. The summed E-state index contributed by atoms with van der Waals surface area (Å²) in [6.07, 6.45) is 0. The Kier molecular flexibility index (Phi) is 3.34.